The molecule has 3 nitrogen and oxygen atoms in total. The lowest BCUT2D eigenvalue weighted by atomic mass is 10.1. The minimum absolute atomic E-state index is 0.0543. The summed E-state index contributed by atoms with van der Waals surface area (Å²) in [6.45, 7) is 0. The van der Waals surface area contributed by atoms with Crippen molar-refractivity contribution in [3.63, 3.8) is 0 Å². The average Bonchev–Trinajstić information content (AvgIpc) is 2.39. The van der Waals surface area contributed by atoms with Gasteiger partial charge in [0.1, 0.15) is 5.82 Å². The van der Waals surface area contributed by atoms with Crippen LogP contribution >= 0.6 is 0 Å². The summed E-state index contributed by atoms with van der Waals surface area (Å²) in [4.78, 5) is 12.8. The maximum atomic E-state index is 13.1. The summed E-state index contributed by atoms with van der Waals surface area (Å²) in [7, 11) is 1.75. The fourth-order valence-corrected chi connectivity index (χ4v) is 1.76. The highest BCUT2D eigenvalue weighted by atomic mass is 19.1. The molecule has 4 heteroatoms. The first-order valence-corrected chi connectivity index (χ1v) is 5.41. The summed E-state index contributed by atoms with van der Waals surface area (Å²) in [6.07, 6.45) is 0. The van der Waals surface area contributed by atoms with Gasteiger partial charge in [0.05, 0.1) is 11.3 Å². The number of carbonyl (C=O) groups is 1. The second kappa shape index (κ2) is 4.87. The van der Waals surface area contributed by atoms with E-state index in [1.807, 2.05) is 30.3 Å². The summed E-state index contributed by atoms with van der Waals surface area (Å²) < 4.78 is 13.1. The van der Waals surface area contributed by atoms with E-state index in [1.54, 1.807) is 11.9 Å². The molecule has 2 aromatic carbocycles. The first-order chi connectivity index (χ1) is 8.59. The fraction of sp³-hybridized carbons (Fsp3) is 0.0714. The van der Waals surface area contributed by atoms with Gasteiger partial charge in [0, 0.05) is 12.7 Å². The van der Waals surface area contributed by atoms with Gasteiger partial charge in [-0.15, -0.1) is 0 Å². The van der Waals surface area contributed by atoms with Crippen molar-refractivity contribution in [3.05, 3.63) is 59.9 Å². The van der Waals surface area contributed by atoms with Crippen molar-refractivity contribution in [2.24, 2.45) is 0 Å². The summed E-state index contributed by atoms with van der Waals surface area (Å²) in [5.41, 5.74) is 1.24. The molecule has 18 heavy (non-hydrogen) atoms. The average molecular weight is 245 g/mol. The summed E-state index contributed by atoms with van der Waals surface area (Å²) in [6, 6.07) is 13.0. The standard InChI is InChI=1S/C14H12FNO2/c1-16(11-5-3-2-4-6-11)13-8-7-10(15)9-12(13)14(17)18/h2-9H,1H3,(H,17,18). The Labute approximate surface area is 104 Å². The lowest BCUT2D eigenvalue weighted by Crippen LogP contribution is -2.14. The topological polar surface area (TPSA) is 40.5 Å². The second-order valence-corrected chi connectivity index (χ2v) is 3.86. The minimum atomic E-state index is -1.15. The van der Waals surface area contributed by atoms with Crippen LogP contribution in [0, 0.1) is 5.82 Å². The van der Waals surface area contributed by atoms with E-state index in [2.05, 4.69) is 0 Å². The lowest BCUT2D eigenvalue weighted by molar-refractivity contribution is 0.0697. The van der Waals surface area contributed by atoms with Crippen LogP contribution in [0.5, 0.6) is 0 Å². The predicted octanol–water partition coefficient (Wildman–Crippen LogP) is 3.29. The molecule has 92 valence electrons. The molecule has 0 radical (unpaired) electrons. The van der Waals surface area contributed by atoms with E-state index in [4.69, 9.17) is 5.11 Å². The number of carboxylic acids is 1. The van der Waals surface area contributed by atoms with Crippen LogP contribution in [0.2, 0.25) is 0 Å². The molecule has 2 aromatic rings. The lowest BCUT2D eigenvalue weighted by Gasteiger charge is -2.21. The van der Waals surface area contributed by atoms with Gasteiger partial charge in [0.15, 0.2) is 0 Å². The number of para-hydroxylation sites is 1. The van der Waals surface area contributed by atoms with Crippen LogP contribution in [0.1, 0.15) is 10.4 Å². The number of halogens is 1. The molecule has 0 saturated carbocycles. The second-order valence-electron chi connectivity index (χ2n) is 3.86. The summed E-state index contributed by atoms with van der Waals surface area (Å²) in [5, 5.41) is 9.09. The van der Waals surface area contributed by atoms with Crippen LogP contribution in [-0.2, 0) is 0 Å². The van der Waals surface area contributed by atoms with Crippen LogP contribution < -0.4 is 4.90 Å². The molecule has 0 fully saturated rings. The van der Waals surface area contributed by atoms with Crippen LogP contribution in [0.4, 0.5) is 15.8 Å². The Morgan fingerprint density at radius 1 is 1.17 bits per heavy atom. The molecule has 0 atom stereocenters. The van der Waals surface area contributed by atoms with Crippen molar-refractivity contribution in [3.8, 4) is 0 Å². The fourth-order valence-electron chi connectivity index (χ4n) is 1.76. The Morgan fingerprint density at radius 3 is 2.44 bits per heavy atom. The summed E-state index contributed by atoms with van der Waals surface area (Å²) >= 11 is 0. The third-order valence-corrected chi connectivity index (χ3v) is 2.69. The molecule has 0 spiro atoms. The number of rotatable bonds is 3. The maximum Gasteiger partial charge on any atom is 0.337 e. The number of carboxylic acid groups (broad SMARTS) is 1. The van der Waals surface area contributed by atoms with Gasteiger partial charge >= 0.3 is 5.97 Å². The maximum absolute atomic E-state index is 13.1. The molecule has 0 aliphatic heterocycles. The van der Waals surface area contributed by atoms with E-state index >= 15 is 0 Å². The van der Waals surface area contributed by atoms with Crippen LogP contribution in [0.15, 0.2) is 48.5 Å². The molecule has 0 unspecified atom stereocenters. The van der Waals surface area contributed by atoms with Crippen molar-refractivity contribution >= 4 is 17.3 Å². The highest BCUT2D eigenvalue weighted by Gasteiger charge is 2.15. The van der Waals surface area contributed by atoms with Gasteiger partial charge in [-0.2, -0.15) is 0 Å². The molecule has 1 N–H and O–H groups in total. The number of benzene rings is 2. The first kappa shape index (κ1) is 12.1. The number of nitrogens with zero attached hydrogens (tertiary/aromatic N) is 1. The quantitative estimate of drug-likeness (QED) is 0.902. The van der Waals surface area contributed by atoms with Gasteiger partial charge in [0.2, 0.25) is 0 Å². The highest BCUT2D eigenvalue weighted by Crippen LogP contribution is 2.27. The van der Waals surface area contributed by atoms with Gasteiger partial charge in [-0.05, 0) is 30.3 Å². The van der Waals surface area contributed by atoms with E-state index in [0.717, 1.165) is 11.8 Å². The number of hydrogen-bond donors (Lipinski definition) is 1. The molecule has 0 saturated heterocycles. The SMILES string of the molecule is CN(c1ccccc1)c1ccc(F)cc1C(=O)O. The van der Waals surface area contributed by atoms with Crippen molar-refractivity contribution in [1.29, 1.82) is 0 Å². The molecular weight excluding hydrogens is 233 g/mol. The Hall–Kier alpha value is -2.36. The van der Waals surface area contributed by atoms with E-state index < -0.39 is 11.8 Å². The molecule has 0 bridgehead atoms. The van der Waals surface area contributed by atoms with Gasteiger partial charge < -0.3 is 10.0 Å². The number of hydrogen-bond acceptors (Lipinski definition) is 2. The third kappa shape index (κ3) is 2.32. The van der Waals surface area contributed by atoms with E-state index in [0.29, 0.717) is 5.69 Å². The van der Waals surface area contributed by atoms with E-state index in [9.17, 15) is 9.18 Å². The van der Waals surface area contributed by atoms with Crippen molar-refractivity contribution in [2.75, 3.05) is 11.9 Å². The van der Waals surface area contributed by atoms with E-state index in [-0.39, 0.29) is 5.56 Å². The number of anilines is 2. The third-order valence-electron chi connectivity index (χ3n) is 2.69. The molecule has 0 amide bonds. The molecule has 0 aliphatic rings. The van der Waals surface area contributed by atoms with Gasteiger partial charge in [-0.1, -0.05) is 18.2 Å². The predicted molar refractivity (Wildman–Crippen MR) is 67.9 cm³/mol. The molecule has 2 rings (SSSR count). The van der Waals surface area contributed by atoms with Gasteiger partial charge in [-0.3, -0.25) is 0 Å². The van der Waals surface area contributed by atoms with Gasteiger partial charge in [-0.25, -0.2) is 9.18 Å². The van der Waals surface area contributed by atoms with Crippen molar-refractivity contribution < 1.29 is 14.3 Å². The van der Waals surface area contributed by atoms with Crippen LogP contribution in [0.3, 0.4) is 0 Å². The van der Waals surface area contributed by atoms with Crippen LogP contribution in [-0.4, -0.2) is 18.1 Å². The van der Waals surface area contributed by atoms with Gasteiger partial charge in [0.25, 0.3) is 0 Å². The Bertz CT molecular complexity index is 569. The smallest absolute Gasteiger partial charge is 0.337 e. The molecule has 0 heterocycles. The Morgan fingerprint density at radius 2 is 1.83 bits per heavy atom. The Balaban J connectivity index is 2.48. The zero-order valence-corrected chi connectivity index (χ0v) is 9.80. The number of aromatic carboxylic acids is 1. The largest absolute Gasteiger partial charge is 0.478 e. The normalized spacial score (nSPS) is 10.1. The van der Waals surface area contributed by atoms with E-state index in [1.165, 1.54) is 12.1 Å². The van der Waals surface area contributed by atoms with Crippen LogP contribution in [0.25, 0.3) is 0 Å². The molecule has 0 aliphatic carbocycles. The van der Waals surface area contributed by atoms with Crippen molar-refractivity contribution in [2.45, 2.75) is 0 Å². The molecular formula is C14H12FNO2. The minimum Gasteiger partial charge on any atom is -0.478 e. The monoisotopic (exact) mass is 245 g/mol. The molecule has 0 aromatic heterocycles. The Kier molecular flexibility index (Phi) is 3.28. The van der Waals surface area contributed by atoms with Crippen molar-refractivity contribution in [1.82, 2.24) is 0 Å². The zero-order valence-electron chi connectivity index (χ0n) is 9.80. The highest BCUT2D eigenvalue weighted by molar-refractivity contribution is 5.95. The zero-order chi connectivity index (χ0) is 13.1. The first-order valence-electron chi connectivity index (χ1n) is 5.41. The summed E-state index contributed by atoms with van der Waals surface area (Å²) in [5.74, 6) is -1.70.